The first kappa shape index (κ1) is 12.8. The van der Waals surface area contributed by atoms with Crippen molar-refractivity contribution in [2.45, 2.75) is 6.54 Å². The Hall–Kier alpha value is -2.21. The lowest BCUT2D eigenvalue weighted by Gasteiger charge is -2.17. The number of hydrogen-bond donors (Lipinski definition) is 0. The molecule has 0 unspecified atom stereocenters. The van der Waals surface area contributed by atoms with Crippen molar-refractivity contribution in [2.24, 2.45) is 7.05 Å². The normalized spacial score (nSPS) is 10.7. The SMILES string of the molecule is CN(Cc1cscn1)c1cc(-c2cccnc2)nn1C. The van der Waals surface area contributed by atoms with Crippen LogP contribution in [0.25, 0.3) is 11.3 Å². The highest BCUT2D eigenvalue weighted by molar-refractivity contribution is 7.07. The fourth-order valence-corrected chi connectivity index (χ4v) is 2.66. The van der Waals surface area contributed by atoms with Crippen molar-refractivity contribution in [1.29, 1.82) is 0 Å². The van der Waals surface area contributed by atoms with Crippen LogP contribution in [0.3, 0.4) is 0 Å². The van der Waals surface area contributed by atoms with E-state index in [0.717, 1.165) is 29.3 Å². The zero-order chi connectivity index (χ0) is 13.9. The average Bonchev–Trinajstić information content (AvgIpc) is 3.09. The van der Waals surface area contributed by atoms with E-state index in [1.165, 1.54) is 0 Å². The number of nitrogens with zero attached hydrogens (tertiary/aromatic N) is 5. The van der Waals surface area contributed by atoms with Crippen molar-refractivity contribution >= 4 is 17.2 Å². The zero-order valence-corrected chi connectivity index (χ0v) is 12.2. The number of thiazole rings is 1. The minimum Gasteiger partial charge on any atom is -0.354 e. The van der Waals surface area contributed by atoms with Gasteiger partial charge in [-0.15, -0.1) is 11.3 Å². The van der Waals surface area contributed by atoms with Crippen LogP contribution in [0.5, 0.6) is 0 Å². The number of rotatable bonds is 4. The lowest BCUT2D eigenvalue weighted by Crippen LogP contribution is -2.19. The molecule has 3 heterocycles. The third kappa shape index (κ3) is 2.55. The van der Waals surface area contributed by atoms with E-state index in [0.29, 0.717) is 0 Å². The number of anilines is 1. The Kier molecular flexibility index (Phi) is 3.47. The molecule has 0 saturated heterocycles. The lowest BCUT2D eigenvalue weighted by molar-refractivity contribution is 0.732. The minimum atomic E-state index is 0.773. The van der Waals surface area contributed by atoms with Gasteiger partial charge in [0.2, 0.25) is 0 Å². The summed E-state index contributed by atoms with van der Waals surface area (Å²) in [5, 5.41) is 6.61. The standard InChI is InChI=1S/C14H15N5S/c1-18(8-12-9-20-10-16-12)14-6-13(17-19(14)2)11-4-3-5-15-7-11/h3-7,9-10H,8H2,1-2H3. The molecule has 0 aliphatic heterocycles. The van der Waals surface area contributed by atoms with Gasteiger partial charge in [0, 0.05) is 43.5 Å². The van der Waals surface area contributed by atoms with Crippen LogP contribution in [-0.4, -0.2) is 26.8 Å². The van der Waals surface area contributed by atoms with Crippen molar-refractivity contribution in [2.75, 3.05) is 11.9 Å². The van der Waals surface area contributed by atoms with Crippen molar-refractivity contribution in [1.82, 2.24) is 19.7 Å². The molecule has 5 nitrogen and oxygen atoms in total. The number of aromatic nitrogens is 4. The largest absolute Gasteiger partial charge is 0.354 e. The number of hydrogen-bond acceptors (Lipinski definition) is 5. The Balaban J connectivity index is 1.85. The second kappa shape index (κ2) is 5.42. The van der Waals surface area contributed by atoms with E-state index in [1.54, 1.807) is 17.5 Å². The number of aryl methyl sites for hydroxylation is 1. The maximum atomic E-state index is 4.55. The Morgan fingerprint density at radius 3 is 3.00 bits per heavy atom. The summed E-state index contributed by atoms with van der Waals surface area (Å²) in [6.07, 6.45) is 3.59. The summed E-state index contributed by atoms with van der Waals surface area (Å²) in [6.45, 7) is 0.773. The van der Waals surface area contributed by atoms with Gasteiger partial charge >= 0.3 is 0 Å². The molecule has 20 heavy (non-hydrogen) atoms. The van der Waals surface area contributed by atoms with E-state index < -0.39 is 0 Å². The summed E-state index contributed by atoms with van der Waals surface area (Å²) < 4.78 is 1.88. The van der Waals surface area contributed by atoms with E-state index >= 15 is 0 Å². The molecule has 0 fully saturated rings. The predicted octanol–water partition coefficient (Wildman–Crippen LogP) is 2.58. The van der Waals surface area contributed by atoms with Crippen molar-refractivity contribution < 1.29 is 0 Å². The second-order valence-electron chi connectivity index (χ2n) is 4.59. The van der Waals surface area contributed by atoms with Crippen molar-refractivity contribution in [3.8, 4) is 11.3 Å². The molecular formula is C14H15N5S. The average molecular weight is 285 g/mol. The first-order chi connectivity index (χ1) is 9.74. The van der Waals surface area contributed by atoms with Crippen LogP contribution in [0.15, 0.2) is 41.5 Å². The third-order valence-corrected chi connectivity index (χ3v) is 3.72. The van der Waals surface area contributed by atoms with Gasteiger partial charge in [0.05, 0.1) is 23.4 Å². The molecule has 102 valence electrons. The molecule has 0 aromatic carbocycles. The van der Waals surface area contributed by atoms with E-state index in [-0.39, 0.29) is 0 Å². The van der Waals surface area contributed by atoms with Gasteiger partial charge in [-0.1, -0.05) is 0 Å². The molecule has 0 spiro atoms. The number of pyridine rings is 1. The van der Waals surface area contributed by atoms with Crippen LogP contribution in [0.2, 0.25) is 0 Å². The molecule has 0 amide bonds. The Morgan fingerprint density at radius 2 is 2.30 bits per heavy atom. The summed E-state index contributed by atoms with van der Waals surface area (Å²) in [5.41, 5.74) is 4.88. The first-order valence-corrected chi connectivity index (χ1v) is 7.21. The van der Waals surface area contributed by atoms with Crippen LogP contribution < -0.4 is 4.90 Å². The van der Waals surface area contributed by atoms with E-state index in [2.05, 4.69) is 31.4 Å². The van der Waals surface area contributed by atoms with Crippen LogP contribution in [0, 0.1) is 0 Å². The molecule has 3 aromatic rings. The second-order valence-corrected chi connectivity index (χ2v) is 5.31. The van der Waals surface area contributed by atoms with Crippen LogP contribution in [0.1, 0.15) is 5.69 Å². The minimum absolute atomic E-state index is 0.773. The van der Waals surface area contributed by atoms with Crippen LogP contribution in [0.4, 0.5) is 5.82 Å². The molecule has 0 bridgehead atoms. The summed E-state index contributed by atoms with van der Waals surface area (Å²) in [4.78, 5) is 10.6. The molecule has 6 heteroatoms. The molecule has 0 saturated carbocycles. The molecule has 0 radical (unpaired) electrons. The summed E-state index contributed by atoms with van der Waals surface area (Å²) in [7, 11) is 4.00. The van der Waals surface area contributed by atoms with Gasteiger partial charge in [0.25, 0.3) is 0 Å². The monoisotopic (exact) mass is 285 g/mol. The zero-order valence-electron chi connectivity index (χ0n) is 11.4. The molecule has 3 aromatic heterocycles. The van der Waals surface area contributed by atoms with E-state index in [4.69, 9.17) is 0 Å². The van der Waals surface area contributed by atoms with E-state index in [9.17, 15) is 0 Å². The molecule has 0 atom stereocenters. The van der Waals surface area contributed by atoms with Gasteiger partial charge < -0.3 is 4.90 Å². The highest BCUT2D eigenvalue weighted by Crippen LogP contribution is 2.23. The van der Waals surface area contributed by atoms with Crippen molar-refractivity contribution in [3.05, 3.63) is 47.2 Å². The Morgan fingerprint density at radius 1 is 1.40 bits per heavy atom. The van der Waals surface area contributed by atoms with Gasteiger partial charge in [-0.25, -0.2) is 4.98 Å². The van der Waals surface area contributed by atoms with Gasteiger partial charge in [-0.3, -0.25) is 9.67 Å². The fraction of sp³-hybridized carbons (Fsp3) is 0.214. The topological polar surface area (TPSA) is 46.8 Å². The highest BCUT2D eigenvalue weighted by Gasteiger charge is 2.12. The van der Waals surface area contributed by atoms with Crippen LogP contribution >= 0.6 is 11.3 Å². The van der Waals surface area contributed by atoms with Gasteiger partial charge in [-0.05, 0) is 12.1 Å². The third-order valence-electron chi connectivity index (χ3n) is 3.09. The molecule has 0 aliphatic carbocycles. The maximum Gasteiger partial charge on any atom is 0.127 e. The molecular weight excluding hydrogens is 270 g/mol. The Labute approximate surface area is 121 Å². The first-order valence-electron chi connectivity index (χ1n) is 6.26. The van der Waals surface area contributed by atoms with Crippen molar-refractivity contribution in [3.63, 3.8) is 0 Å². The summed E-state index contributed by atoms with van der Waals surface area (Å²) in [6, 6.07) is 6.01. The molecule has 0 N–H and O–H groups in total. The molecule has 3 rings (SSSR count). The lowest BCUT2D eigenvalue weighted by atomic mass is 10.2. The van der Waals surface area contributed by atoms with E-state index in [1.807, 2.05) is 42.6 Å². The summed E-state index contributed by atoms with van der Waals surface area (Å²) in [5.74, 6) is 1.05. The smallest absolute Gasteiger partial charge is 0.127 e. The van der Waals surface area contributed by atoms with Gasteiger partial charge in [0.15, 0.2) is 0 Å². The highest BCUT2D eigenvalue weighted by atomic mass is 32.1. The quantitative estimate of drug-likeness (QED) is 0.739. The maximum absolute atomic E-state index is 4.55. The van der Waals surface area contributed by atoms with Crippen LogP contribution in [-0.2, 0) is 13.6 Å². The molecule has 0 aliphatic rings. The summed E-state index contributed by atoms with van der Waals surface area (Å²) >= 11 is 1.61. The van der Waals surface area contributed by atoms with Gasteiger partial charge in [0.1, 0.15) is 5.82 Å². The predicted molar refractivity (Wildman–Crippen MR) is 80.7 cm³/mol. The van der Waals surface area contributed by atoms with Gasteiger partial charge in [-0.2, -0.15) is 5.10 Å². The Bertz CT molecular complexity index is 675. The fourth-order valence-electron chi connectivity index (χ4n) is 2.11.